The lowest BCUT2D eigenvalue weighted by Crippen LogP contribution is -2.30. The van der Waals surface area contributed by atoms with Crippen molar-refractivity contribution in [2.75, 3.05) is 44.0 Å². The molecule has 0 unspecified atom stereocenters. The Hall–Kier alpha value is -1.75. The minimum Gasteiger partial charge on any atom is -0.399 e. The summed E-state index contributed by atoms with van der Waals surface area (Å²) >= 11 is 0. The van der Waals surface area contributed by atoms with E-state index in [1.54, 1.807) is 19.2 Å². The van der Waals surface area contributed by atoms with Crippen molar-refractivity contribution in [1.29, 1.82) is 0 Å². The van der Waals surface area contributed by atoms with Crippen LogP contribution in [0.5, 0.6) is 0 Å². The summed E-state index contributed by atoms with van der Waals surface area (Å²) in [5.74, 6) is -0.107. The minimum absolute atomic E-state index is 0.107. The summed E-state index contributed by atoms with van der Waals surface area (Å²) in [6.07, 6.45) is 0. The van der Waals surface area contributed by atoms with Crippen molar-refractivity contribution in [3.05, 3.63) is 23.8 Å². The molecule has 0 aromatic heterocycles. The fraction of sp³-hybridized carbons (Fsp3) is 0.500. The monoisotopic (exact) mass is 265 g/mol. The van der Waals surface area contributed by atoms with Crippen LogP contribution in [0.2, 0.25) is 0 Å². The maximum atomic E-state index is 11.9. The number of amides is 1. The summed E-state index contributed by atoms with van der Waals surface area (Å²) < 4.78 is 5.37. The number of rotatable bonds is 7. The van der Waals surface area contributed by atoms with E-state index in [1.807, 2.05) is 19.9 Å². The highest BCUT2D eigenvalue weighted by molar-refractivity contribution is 6.00. The number of nitrogens with two attached hydrogens (primary N) is 1. The lowest BCUT2D eigenvalue weighted by molar-refractivity contribution is 0.0963. The van der Waals surface area contributed by atoms with E-state index in [9.17, 15) is 4.79 Å². The second-order valence-electron chi connectivity index (χ2n) is 4.13. The van der Waals surface area contributed by atoms with Crippen LogP contribution in [0, 0.1) is 0 Å². The Kier molecular flexibility index (Phi) is 6.15. The Labute approximate surface area is 114 Å². The van der Waals surface area contributed by atoms with Crippen molar-refractivity contribution in [3.63, 3.8) is 0 Å². The number of nitrogens with one attached hydrogen (secondary N) is 1. The summed E-state index contributed by atoms with van der Waals surface area (Å²) in [7, 11) is 1.62. The van der Waals surface area contributed by atoms with Crippen LogP contribution in [0.1, 0.15) is 24.2 Å². The Morgan fingerprint density at radius 3 is 2.74 bits per heavy atom. The first kappa shape index (κ1) is 15.3. The molecule has 5 heteroatoms. The van der Waals surface area contributed by atoms with Crippen molar-refractivity contribution in [1.82, 2.24) is 5.32 Å². The molecular weight excluding hydrogens is 242 g/mol. The van der Waals surface area contributed by atoms with Crippen molar-refractivity contribution >= 4 is 17.3 Å². The van der Waals surface area contributed by atoms with Crippen LogP contribution in [-0.4, -0.2) is 39.3 Å². The molecule has 0 spiro atoms. The van der Waals surface area contributed by atoms with E-state index < -0.39 is 0 Å². The summed E-state index contributed by atoms with van der Waals surface area (Å²) in [5, 5.41) is 2.65. The van der Waals surface area contributed by atoms with Gasteiger partial charge in [-0.25, -0.2) is 0 Å². The van der Waals surface area contributed by atoms with Crippen LogP contribution in [0.15, 0.2) is 18.2 Å². The Morgan fingerprint density at radius 1 is 1.42 bits per heavy atom. The van der Waals surface area contributed by atoms with Gasteiger partial charge in [0.2, 0.25) is 0 Å². The molecule has 19 heavy (non-hydrogen) atoms. The number of anilines is 2. The van der Waals surface area contributed by atoms with E-state index >= 15 is 0 Å². The number of ether oxygens (including phenoxy) is 1. The average molecular weight is 265 g/mol. The number of carbonyl (C=O) groups is 1. The summed E-state index contributed by atoms with van der Waals surface area (Å²) in [5.41, 5.74) is 7.96. The molecule has 106 valence electrons. The highest BCUT2D eigenvalue weighted by atomic mass is 16.5. The summed E-state index contributed by atoms with van der Waals surface area (Å²) in [6, 6.07) is 5.33. The van der Waals surface area contributed by atoms with E-state index in [-0.39, 0.29) is 5.91 Å². The van der Waals surface area contributed by atoms with E-state index in [0.29, 0.717) is 24.5 Å². The second-order valence-corrected chi connectivity index (χ2v) is 4.13. The third-order valence-corrected chi connectivity index (χ3v) is 2.93. The van der Waals surface area contributed by atoms with E-state index in [2.05, 4.69) is 10.2 Å². The molecule has 1 aromatic carbocycles. The zero-order valence-electron chi connectivity index (χ0n) is 11.9. The number of nitrogen functional groups attached to an aromatic ring is 1. The van der Waals surface area contributed by atoms with Gasteiger partial charge in [-0.1, -0.05) is 0 Å². The molecule has 1 amide bonds. The number of hydrogen-bond acceptors (Lipinski definition) is 4. The van der Waals surface area contributed by atoms with Crippen LogP contribution in [0.25, 0.3) is 0 Å². The standard InChI is InChI=1S/C14H23N3O2/c1-4-17(8-9-19-5-2)13-10-11(15)6-7-12(13)14(18)16-3/h6-7,10H,4-5,8-9,15H2,1-3H3,(H,16,18). The van der Waals surface area contributed by atoms with Crippen LogP contribution in [-0.2, 0) is 4.74 Å². The third-order valence-electron chi connectivity index (χ3n) is 2.93. The first-order valence-corrected chi connectivity index (χ1v) is 6.58. The molecule has 0 saturated carbocycles. The van der Waals surface area contributed by atoms with Gasteiger partial charge >= 0.3 is 0 Å². The molecule has 1 rings (SSSR count). The zero-order chi connectivity index (χ0) is 14.3. The van der Waals surface area contributed by atoms with Gasteiger partial charge in [0.05, 0.1) is 17.9 Å². The molecule has 0 atom stereocenters. The molecule has 5 nitrogen and oxygen atoms in total. The van der Waals surface area contributed by atoms with Crippen LogP contribution < -0.4 is 16.0 Å². The molecule has 0 aliphatic heterocycles. The number of benzene rings is 1. The Morgan fingerprint density at radius 2 is 2.16 bits per heavy atom. The molecule has 0 fully saturated rings. The zero-order valence-corrected chi connectivity index (χ0v) is 11.9. The summed E-state index contributed by atoms with van der Waals surface area (Å²) in [4.78, 5) is 14.0. The number of nitrogens with zero attached hydrogens (tertiary/aromatic N) is 1. The van der Waals surface area contributed by atoms with Crippen molar-refractivity contribution < 1.29 is 9.53 Å². The van der Waals surface area contributed by atoms with Gasteiger partial charge in [0.15, 0.2) is 0 Å². The Balaban J connectivity index is 2.99. The van der Waals surface area contributed by atoms with E-state index in [1.165, 1.54) is 0 Å². The molecule has 0 saturated heterocycles. The molecule has 0 aliphatic carbocycles. The first-order chi connectivity index (χ1) is 9.13. The van der Waals surface area contributed by atoms with Gasteiger partial charge in [-0.15, -0.1) is 0 Å². The van der Waals surface area contributed by atoms with Gasteiger partial charge in [-0.05, 0) is 32.0 Å². The summed E-state index contributed by atoms with van der Waals surface area (Å²) in [6.45, 7) is 6.86. The lowest BCUT2D eigenvalue weighted by Gasteiger charge is -2.25. The number of hydrogen-bond donors (Lipinski definition) is 2. The maximum absolute atomic E-state index is 11.9. The van der Waals surface area contributed by atoms with Crippen LogP contribution >= 0.6 is 0 Å². The molecular formula is C14H23N3O2. The van der Waals surface area contributed by atoms with Crippen LogP contribution in [0.3, 0.4) is 0 Å². The van der Waals surface area contributed by atoms with Crippen LogP contribution in [0.4, 0.5) is 11.4 Å². The molecule has 0 heterocycles. The van der Waals surface area contributed by atoms with E-state index in [4.69, 9.17) is 10.5 Å². The van der Waals surface area contributed by atoms with Crippen molar-refractivity contribution in [2.24, 2.45) is 0 Å². The second kappa shape index (κ2) is 7.63. The van der Waals surface area contributed by atoms with Crippen molar-refractivity contribution in [3.8, 4) is 0 Å². The molecule has 0 bridgehead atoms. The van der Waals surface area contributed by atoms with Gasteiger partial charge in [0, 0.05) is 32.4 Å². The molecule has 3 N–H and O–H groups in total. The van der Waals surface area contributed by atoms with E-state index in [0.717, 1.165) is 18.8 Å². The molecule has 0 radical (unpaired) electrons. The minimum atomic E-state index is -0.107. The highest BCUT2D eigenvalue weighted by Crippen LogP contribution is 2.23. The quantitative estimate of drug-likeness (QED) is 0.579. The molecule has 0 aliphatic rings. The first-order valence-electron chi connectivity index (χ1n) is 6.58. The predicted octanol–water partition coefficient (Wildman–Crippen LogP) is 1.49. The smallest absolute Gasteiger partial charge is 0.253 e. The SMILES string of the molecule is CCOCCN(CC)c1cc(N)ccc1C(=O)NC. The Bertz CT molecular complexity index is 421. The van der Waals surface area contributed by atoms with Gasteiger partial charge in [0.1, 0.15) is 0 Å². The predicted molar refractivity (Wildman–Crippen MR) is 78.6 cm³/mol. The lowest BCUT2D eigenvalue weighted by atomic mass is 10.1. The molecule has 1 aromatic rings. The largest absolute Gasteiger partial charge is 0.399 e. The van der Waals surface area contributed by atoms with Gasteiger partial charge in [0.25, 0.3) is 5.91 Å². The van der Waals surface area contributed by atoms with Gasteiger partial charge in [-0.3, -0.25) is 4.79 Å². The normalized spacial score (nSPS) is 10.3. The fourth-order valence-corrected chi connectivity index (χ4v) is 1.90. The third kappa shape index (κ3) is 4.13. The number of likely N-dealkylation sites (N-methyl/N-ethyl adjacent to an activating group) is 1. The topological polar surface area (TPSA) is 67.6 Å². The number of carbonyl (C=O) groups excluding carboxylic acids is 1. The van der Waals surface area contributed by atoms with Gasteiger partial charge < -0.3 is 20.7 Å². The van der Waals surface area contributed by atoms with Gasteiger partial charge in [-0.2, -0.15) is 0 Å². The average Bonchev–Trinajstić information content (AvgIpc) is 2.43. The van der Waals surface area contributed by atoms with Crippen molar-refractivity contribution in [2.45, 2.75) is 13.8 Å². The maximum Gasteiger partial charge on any atom is 0.253 e. The fourth-order valence-electron chi connectivity index (χ4n) is 1.90. The highest BCUT2D eigenvalue weighted by Gasteiger charge is 2.15.